The molecule has 1 aromatic heterocycles. The fourth-order valence-corrected chi connectivity index (χ4v) is 7.82. The normalized spacial score (nSPS) is 21.7. The molecule has 1 aliphatic rings. The van der Waals surface area contributed by atoms with Gasteiger partial charge in [0, 0.05) is 43.4 Å². The Morgan fingerprint density at radius 3 is 2.38 bits per heavy atom. The number of Topliss-reactive ketones (excluding diaryl/α,β-unsaturated/α-hetero) is 1. The number of hydrogen-bond donors (Lipinski definition) is 3. The van der Waals surface area contributed by atoms with Crippen LogP contribution in [0.3, 0.4) is 0 Å². The molecule has 0 saturated carbocycles. The molecule has 2 radical (unpaired) electrons. The van der Waals surface area contributed by atoms with E-state index in [9.17, 15) is 24.3 Å². The van der Waals surface area contributed by atoms with E-state index in [-0.39, 0.29) is 30.0 Å². The van der Waals surface area contributed by atoms with E-state index in [4.69, 9.17) is 27.8 Å². The molecule has 9 atom stereocenters. The first-order valence-electron chi connectivity index (χ1n) is 19.8. The molecule has 1 aliphatic heterocycles. The summed E-state index contributed by atoms with van der Waals surface area (Å²) in [7, 11) is 8.20. The maximum absolute atomic E-state index is 13.5. The van der Waals surface area contributed by atoms with Gasteiger partial charge in [-0.1, -0.05) is 45.0 Å². The van der Waals surface area contributed by atoms with Crippen LogP contribution >= 0.6 is 0 Å². The van der Waals surface area contributed by atoms with Crippen LogP contribution in [0.15, 0.2) is 30.5 Å². The number of rotatable bonds is 22. The SMILES string of the molecule is [B][C@H]([C@@H](C)C(=O)[C@@H](CC(=O)OC(C)(C)C)C(=O)O)[C@@](C)(C[C@@H](C)CN[C@H](C)[C@H]1N(CCCCn2cc(-c3cccc(N)c3)nn2)C(=O)O[C@]1(C)[C@H](C)CC)OC. The van der Waals surface area contributed by atoms with Crippen molar-refractivity contribution in [2.45, 2.75) is 143 Å². The van der Waals surface area contributed by atoms with Gasteiger partial charge in [-0.15, -0.1) is 5.10 Å². The van der Waals surface area contributed by atoms with Crippen molar-refractivity contribution in [3.63, 3.8) is 0 Å². The summed E-state index contributed by atoms with van der Waals surface area (Å²) in [4.78, 5) is 53.4. The predicted molar refractivity (Wildman–Crippen MR) is 216 cm³/mol. The lowest BCUT2D eigenvalue weighted by Crippen LogP contribution is -2.58. The maximum Gasteiger partial charge on any atom is 0.410 e. The summed E-state index contributed by atoms with van der Waals surface area (Å²) in [6, 6.07) is 7.13. The van der Waals surface area contributed by atoms with E-state index in [1.54, 1.807) is 32.4 Å². The quantitative estimate of drug-likeness (QED) is 0.0420. The van der Waals surface area contributed by atoms with Crippen LogP contribution in [0.5, 0.6) is 0 Å². The van der Waals surface area contributed by atoms with Crippen molar-refractivity contribution in [3.8, 4) is 11.3 Å². The van der Waals surface area contributed by atoms with Crippen molar-refractivity contribution in [1.29, 1.82) is 0 Å². The number of aliphatic carboxylic acids is 1. The topological polar surface area (TPSA) is 188 Å². The van der Waals surface area contributed by atoms with Crippen molar-refractivity contribution in [3.05, 3.63) is 30.5 Å². The summed E-state index contributed by atoms with van der Waals surface area (Å²) < 4.78 is 19.2. The molecule has 310 valence electrons. The number of aromatic nitrogens is 3. The zero-order valence-corrected chi connectivity index (χ0v) is 35.3. The van der Waals surface area contributed by atoms with Crippen LogP contribution in [0, 0.1) is 23.7 Å². The number of nitrogens with zero attached hydrogens (tertiary/aromatic N) is 4. The summed E-state index contributed by atoms with van der Waals surface area (Å²) in [6.45, 7) is 20.4. The monoisotopic (exact) mass is 780 g/mol. The largest absolute Gasteiger partial charge is 0.481 e. The Kier molecular flexibility index (Phi) is 16.1. The van der Waals surface area contributed by atoms with E-state index >= 15 is 0 Å². The van der Waals surface area contributed by atoms with Crippen LogP contribution in [-0.4, -0.2) is 106 Å². The third-order valence-corrected chi connectivity index (χ3v) is 11.4. The van der Waals surface area contributed by atoms with E-state index in [0.717, 1.165) is 30.5 Å². The minimum Gasteiger partial charge on any atom is -0.481 e. The molecule has 1 amide bonds. The number of hydrogen-bond acceptors (Lipinski definition) is 11. The second kappa shape index (κ2) is 19.4. The van der Waals surface area contributed by atoms with Crippen LogP contribution < -0.4 is 11.1 Å². The second-order valence-corrected chi connectivity index (χ2v) is 17.1. The maximum atomic E-state index is 13.5. The highest BCUT2D eigenvalue weighted by atomic mass is 16.6. The first-order chi connectivity index (χ1) is 26.1. The van der Waals surface area contributed by atoms with Crippen LogP contribution in [-0.2, 0) is 35.1 Å². The Labute approximate surface area is 334 Å². The van der Waals surface area contributed by atoms with Crippen molar-refractivity contribution in [2.24, 2.45) is 23.7 Å². The summed E-state index contributed by atoms with van der Waals surface area (Å²) in [6.07, 6.45) is 3.78. The summed E-state index contributed by atoms with van der Waals surface area (Å²) in [5.74, 6) is -6.13. The van der Waals surface area contributed by atoms with Gasteiger partial charge in [0.2, 0.25) is 0 Å². The molecule has 1 saturated heterocycles. The molecule has 2 heterocycles. The van der Waals surface area contributed by atoms with Gasteiger partial charge in [-0.2, -0.15) is 0 Å². The molecule has 4 N–H and O–H groups in total. The molecule has 0 aliphatic carbocycles. The number of unbranched alkanes of at least 4 members (excludes halogenated alkanes) is 1. The average molecular weight is 781 g/mol. The molecule has 3 rings (SSSR count). The van der Waals surface area contributed by atoms with Gasteiger partial charge in [0.05, 0.1) is 32.1 Å². The zero-order chi connectivity index (χ0) is 42.2. The van der Waals surface area contributed by atoms with Gasteiger partial charge in [-0.25, -0.2) is 4.79 Å². The minimum absolute atomic E-state index is 0.00554. The number of esters is 1. The third-order valence-electron chi connectivity index (χ3n) is 11.4. The molecule has 15 heteroatoms. The predicted octanol–water partition coefficient (Wildman–Crippen LogP) is 5.94. The molecular weight excluding hydrogens is 715 g/mol. The highest BCUT2D eigenvalue weighted by molar-refractivity contribution is 6.16. The first kappa shape index (κ1) is 46.4. The van der Waals surface area contributed by atoms with Gasteiger partial charge in [-0.3, -0.25) is 24.0 Å². The lowest BCUT2D eigenvalue weighted by Gasteiger charge is -2.42. The Bertz CT molecular complexity index is 1650. The highest BCUT2D eigenvalue weighted by Gasteiger charge is 2.55. The molecule has 56 heavy (non-hydrogen) atoms. The number of benzene rings is 1. The van der Waals surface area contributed by atoms with Gasteiger partial charge < -0.3 is 30.4 Å². The number of amides is 1. The van der Waals surface area contributed by atoms with Gasteiger partial charge >= 0.3 is 18.0 Å². The standard InChI is InChI=1S/C41H65BN6O8/c1-12-26(3)41(10)36(48(38(53)56-41)19-14-13-18-47-24-32(45-46-47)29-16-15-17-30(43)20-29)28(5)44-23-25(2)22-40(9,54-11)35(42)27(4)34(50)31(37(51)52)21-33(49)55-39(6,7)8/h15-17,20,24-28,31,35-36,44H,12-14,18-19,21-23,43H2,1-11H3,(H,51,52)/t25-,26-,27+,28-,31-,35-,36-,40-,41-/m1/s1. The molecule has 0 bridgehead atoms. The van der Waals surface area contributed by atoms with Gasteiger partial charge in [-0.05, 0) is 104 Å². The van der Waals surface area contributed by atoms with Gasteiger partial charge in [0.1, 0.15) is 28.6 Å². The Morgan fingerprint density at radius 1 is 1.12 bits per heavy atom. The van der Waals surface area contributed by atoms with Crippen LogP contribution in [0.25, 0.3) is 11.3 Å². The smallest absolute Gasteiger partial charge is 0.410 e. The number of anilines is 1. The average Bonchev–Trinajstić information content (AvgIpc) is 3.70. The number of carboxylic acids is 1. The van der Waals surface area contributed by atoms with Gasteiger partial charge in [0.25, 0.3) is 0 Å². The number of ketones is 1. The van der Waals surface area contributed by atoms with Gasteiger partial charge in [0.15, 0.2) is 0 Å². The lowest BCUT2D eigenvalue weighted by atomic mass is 9.62. The number of cyclic esters (lactones) is 1. The van der Waals surface area contributed by atoms with Crippen LogP contribution in [0.1, 0.15) is 101 Å². The molecule has 1 aromatic carbocycles. The minimum atomic E-state index is -1.60. The van der Waals surface area contributed by atoms with E-state index < -0.39 is 58.6 Å². The Morgan fingerprint density at radius 2 is 1.79 bits per heavy atom. The van der Waals surface area contributed by atoms with Crippen molar-refractivity contribution < 1.29 is 38.5 Å². The number of ether oxygens (including phenoxy) is 3. The fourth-order valence-electron chi connectivity index (χ4n) is 7.82. The molecule has 0 spiro atoms. The molecule has 14 nitrogen and oxygen atoms in total. The molecule has 1 fully saturated rings. The number of methoxy groups -OCH3 is 1. The van der Waals surface area contributed by atoms with E-state index in [1.807, 2.05) is 56.1 Å². The van der Waals surface area contributed by atoms with Crippen LogP contribution in [0.4, 0.5) is 10.5 Å². The highest BCUT2D eigenvalue weighted by Crippen LogP contribution is 2.41. The molecule has 2 aromatic rings. The second-order valence-electron chi connectivity index (χ2n) is 17.1. The summed E-state index contributed by atoms with van der Waals surface area (Å²) >= 11 is 0. The zero-order valence-electron chi connectivity index (χ0n) is 35.3. The third kappa shape index (κ3) is 11.8. The summed E-state index contributed by atoms with van der Waals surface area (Å²) in [5, 5.41) is 22.1. The van der Waals surface area contributed by atoms with Crippen LogP contribution in [0.2, 0.25) is 5.82 Å². The number of nitrogen functional groups attached to an aromatic ring is 1. The Balaban J connectivity index is 1.65. The van der Waals surface area contributed by atoms with Crippen molar-refractivity contribution in [2.75, 3.05) is 25.9 Å². The molecular formula is C41H65BN6O8. The van der Waals surface area contributed by atoms with E-state index in [2.05, 4.69) is 36.4 Å². The van der Waals surface area contributed by atoms with E-state index in [1.165, 1.54) is 7.11 Å². The number of carbonyl (C=O) groups is 4. The molecule has 0 unspecified atom stereocenters. The number of carbonyl (C=O) groups excluding carboxylic acids is 3. The fraction of sp³-hybridized carbons (Fsp3) is 0.707. The number of aryl methyl sites for hydroxylation is 1. The van der Waals surface area contributed by atoms with E-state index in [0.29, 0.717) is 31.7 Å². The first-order valence-corrected chi connectivity index (χ1v) is 19.8. The number of nitrogens with two attached hydrogens (primary N) is 1. The summed E-state index contributed by atoms with van der Waals surface area (Å²) in [5.41, 5.74) is 5.70. The number of nitrogens with one attached hydrogen (secondary N) is 1. The lowest BCUT2D eigenvalue weighted by molar-refractivity contribution is -0.162. The number of carboxylic acid groups (broad SMARTS) is 1. The Hall–Kier alpha value is -3.98. The van der Waals surface area contributed by atoms with Crippen molar-refractivity contribution in [1.82, 2.24) is 25.2 Å². The van der Waals surface area contributed by atoms with Crippen molar-refractivity contribution >= 4 is 37.3 Å².